The zero-order valence-corrected chi connectivity index (χ0v) is 31.0. The summed E-state index contributed by atoms with van der Waals surface area (Å²) in [6.07, 6.45) is 33.7. The first-order chi connectivity index (χ1) is 26.5. The maximum absolute atomic E-state index is 7.15. The van der Waals surface area contributed by atoms with E-state index in [2.05, 4.69) is 170 Å². The molecule has 0 bridgehead atoms. The first-order valence-electron chi connectivity index (χ1n) is 19.8. The molecular formula is C48H46N4O2. The van der Waals surface area contributed by atoms with E-state index in [1.807, 2.05) is 0 Å². The number of anilines is 1. The van der Waals surface area contributed by atoms with Gasteiger partial charge in [0.1, 0.15) is 35.2 Å². The maximum atomic E-state index is 7.15. The summed E-state index contributed by atoms with van der Waals surface area (Å²) in [6.45, 7) is 4.68. The van der Waals surface area contributed by atoms with Crippen LogP contribution >= 0.6 is 0 Å². The van der Waals surface area contributed by atoms with Crippen molar-refractivity contribution in [3.8, 4) is 0 Å². The number of para-hydroxylation sites is 2. The van der Waals surface area contributed by atoms with Gasteiger partial charge in [-0.25, -0.2) is 4.99 Å². The van der Waals surface area contributed by atoms with Crippen molar-refractivity contribution >= 4 is 28.6 Å². The lowest BCUT2D eigenvalue weighted by atomic mass is 9.78. The highest BCUT2D eigenvalue weighted by atomic mass is 16.5. The topological polar surface area (TPSA) is 53.2 Å². The van der Waals surface area contributed by atoms with Crippen molar-refractivity contribution in [2.45, 2.75) is 69.0 Å². The first kappa shape index (κ1) is 32.1. The van der Waals surface area contributed by atoms with Crippen molar-refractivity contribution in [3.05, 3.63) is 167 Å². The Labute approximate surface area is 317 Å². The van der Waals surface area contributed by atoms with Crippen LogP contribution in [-0.4, -0.2) is 48.3 Å². The molecule has 8 aliphatic rings. The molecule has 10 unspecified atom stereocenters. The van der Waals surface area contributed by atoms with E-state index >= 15 is 0 Å². The predicted molar refractivity (Wildman–Crippen MR) is 218 cm³/mol. The van der Waals surface area contributed by atoms with Crippen LogP contribution in [0.4, 0.5) is 5.69 Å². The minimum atomic E-state index is -0.130. The summed E-state index contributed by atoms with van der Waals surface area (Å²) < 4.78 is 13.6. The van der Waals surface area contributed by atoms with Crippen molar-refractivity contribution in [1.82, 2.24) is 10.2 Å². The van der Waals surface area contributed by atoms with Gasteiger partial charge in [0.25, 0.3) is 0 Å². The molecule has 2 aromatic carbocycles. The molecule has 5 aliphatic carbocycles. The molecule has 4 heterocycles. The average molecular weight is 711 g/mol. The second-order valence-electron chi connectivity index (χ2n) is 16.3. The van der Waals surface area contributed by atoms with E-state index in [0.717, 1.165) is 35.8 Å². The third kappa shape index (κ3) is 4.78. The van der Waals surface area contributed by atoms with E-state index in [-0.39, 0.29) is 42.4 Å². The Bertz CT molecular complexity index is 2380. The minimum Gasteiger partial charge on any atom is -0.487 e. The summed E-state index contributed by atoms with van der Waals surface area (Å²) in [5.41, 5.74) is 8.78. The van der Waals surface area contributed by atoms with E-state index in [1.54, 1.807) is 0 Å². The SMILES string of the molecule is CC1CC(C2N=C(C3=CC=CC4OC5=C(C=CC(C)C5N5c6ccccc6C6C=CC=CC65)C34)NC(C3C=CC=CC3)N2C)=Cc2oc3ccccc3c21. The highest BCUT2D eigenvalue weighted by Gasteiger charge is 2.50. The fourth-order valence-corrected chi connectivity index (χ4v) is 10.7. The van der Waals surface area contributed by atoms with Crippen molar-refractivity contribution in [3.63, 3.8) is 0 Å². The van der Waals surface area contributed by atoms with Gasteiger partial charge in [0, 0.05) is 45.5 Å². The molecule has 3 aromatic rings. The Kier molecular flexibility index (Phi) is 7.35. The summed E-state index contributed by atoms with van der Waals surface area (Å²) in [5, 5.41) is 5.23. The quantitative estimate of drug-likeness (QED) is 0.293. The van der Waals surface area contributed by atoms with Gasteiger partial charge in [0.15, 0.2) is 0 Å². The Morgan fingerprint density at radius 3 is 2.65 bits per heavy atom. The Hall–Kier alpha value is -5.33. The molecule has 54 heavy (non-hydrogen) atoms. The molecule has 1 N–H and O–H groups in total. The van der Waals surface area contributed by atoms with Crippen LogP contribution in [-0.2, 0) is 4.74 Å². The Morgan fingerprint density at radius 1 is 0.889 bits per heavy atom. The molecule has 0 radical (unpaired) electrons. The van der Waals surface area contributed by atoms with Crippen LogP contribution in [0.5, 0.6) is 0 Å². The van der Waals surface area contributed by atoms with E-state index < -0.39 is 0 Å². The number of furan rings is 1. The zero-order chi connectivity index (χ0) is 36.1. The molecule has 11 rings (SSSR count). The number of aliphatic imine (C=N–C) groups is 1. The van der Waals surface area contributed by atoms with Gasteiger partial charge in [-0.3, -0.25) is 4.90 Å². The number of allylic oxidation sites excluding steroid dienone is 8. The fraction of sp³-hybridized carbons (Fsp3) is 0.312. The third-order valence-electron chi connectivity index (χ3n) is 13.2. The van der Waals surface area contributed by atoms with Crippen molar-refractivity contribution < 1.29 is 9.15 Å². The largest absolute Gasteiger partial charge is 0.487 e. The monoisotopic (exact) mass is 710 g/mol. The Balaban J connectivity index is 0.997. The van der Waals surface area contributed by atoms with Gasteiger partial charge in [-0.05, 0) is 61.2 Å². The van der Waals surface area contributed by atoms with Crippen molar-refractivity contribution in [2.75, 3.05) is 11.9 Å². The van der Waals surface area contributed by atoms with E-state index in [1.165, 1.54) is 38.9 Å². The summed E-state index contributed by atoms with van der Waals surface area (Å²) in [5.74, 6) is 4.37. The molecule has 270 valence electrons. The van der Waals surface area contributed by atoms with E-state index in [0.29, 0.717) is 17.8 Å². The number of ether oxygens (including phenoxy) is 1. The van der Waals surface area contributed by atoms with Gasteiger partial charge in [-0.2, -0.15) is 0 Å². The van der Waals surface area contributed by atoms with Crippen LogP contribution in [0.2, 0.25) is 0 Å². The number of benzene rings is 2. The van der Waals surface area contributed by atoms with Crippen molar-refractivity contribution in [1.29, 1.82) is 0 Å². The maximum Gasteiger partial charge on any atom is 0.135 e. The molecule has 6 nitrogen and oxygen atoms in total. The second kappa shape index (κ2) is 12.4. The van der Waals surface area contributed by atoms with Crippen LogP contribution < -0.4 is 10.2 Å². The number of hydrogen-bond acceptors (Lipinski definition) is 6. The van der Waals surface area contributed by atoms with Crippen LogP contribution in [0.3, 0.4) is 0 Å². The number of nitrogens with one attached hydrogen (secondary N) is 1. The summed E-state index contributed by atoms with van der Waals surface area (Å²) in [4.78, 5) is 10.8. The van der Waals surface area contributed by atoms with Crippen LogP contribution in [0.25, 0.3) is 17.0 Å². The molecule has 0 saturated carbocycles. The fourth-order valence-electron chi connectivity index (χ4n) is 10.7. The van der Waals surface area contributed by atoms with Gasteiger partial charge in [0.2, 0.25) is 0 Å². The highest BCUT2D eigenvalue weighted by Crippen LogP contribution is 2.52. The molecular weight excluding hydrogens is 665 g/mol. The third-order valence-corrected chi connectivity index (χ3v) is 13.2. The molecule has 0 fully saturated rings. The minimum absolute atomic E-state index is 0.0469. The number of fused-ring (bicyclic) bond motifs is 8. The van der Waals surface area contributed by atoms with E-state index in [4.69, 9.17) is 14.1 Å². The number of hydrogen-bond donors (Lipinski definition) is 1. The second-order valence-corrected chi connectivity index (χ2v) is 16.3. The lowest BCUT2D eigenvalue weighted by Gasteiger charge is -2.44. The standard InChI is InChI=1S/C48H46N4O2/c1-28-24-25-35-43-36(19-13-23-40(43)54-45(35)44(28)52-37-20-10-7-16-32(37)33-17-8-11-21-38(33)52)46-49-47(30-14-5-4-6-15-30)51(3)48(50-46)31-26-29(2)42-34-18-9-12-22-39(34)53-41(42)27-31/h4-14,16-25,27-30,32,37,40,43-44,47-48H,15,26H2,1-3H3,(H,49,50). The van der Waals surface area contributed by atoms with Gasteiger partial charge in [-0.15, -0.1) is 0 Å². The number of amidine groups is 1. The van der Waals surface area contributed by atoms with Crippen molar-refractivity contribution in [2.24, 2.45) is 22.7 Å². The lowest BCUT2D eigenvalue weighted by molar-refractivity contribution is 0.130. The van der Waals surface area contributed by atoms with Crippen LogP contribution in [0.1, 0.15) is 55.4 Å². The Morgan fingerprint density at radius 2 is 1.74 bits per heavy atom. The van der Waals surface area contributed by atoms with E-state index in [9.17, 15) is 0 Å². The number of rotatable bonds is 4. The molecule has 6 heteroatoms. The summed E-state index contributed by atoms with van der Waals surface area (Å²) in [7, 11) is 2.23. The highest BCUT2D eigenvalue weighted by molar-refractivity contribution is 6.01. The van der Waals surface area contributed by atoms with Gasteiger partial charge in [-0.1, -0.05) is 123 Å². The lowest BCUT2D eigenvalue weighted by Crippen LogP contribution is -2.59. The van der Waals surface area contributed by atoms with Gasteiger partial charge in [0.05, 0.1) is 24.2 Å². The van der Waals surface area contributed by atoms with Crippen LogP contribution in [0.15, 0.2) is 159 Å². The molecule has 3 aliphatic heterocycles. The normalized spacial score (nSPS) is 34.4. The molecule has 0 amide bonds. The van der Waals surface area contributed by atoms with Crippen LogP contribution in [0, 0.1) is 17.8 Å². The first-order valence-corrected chi connectivity index (χ1v) is 19.8. The van der Waals surface area contributed by atoms with Gasteiger partial charge < -0.3 is 19.4 Å². The zero-order valence-electron chi connectivity index (χ0n) is 31.0. The molecule has 0 spiro atoms. The summed E-state index contributed by atoms with van der Waals surface area (Å²) in [6, 6.07) is 17.8. The smallest absolute Gasteiger partial charge is 0.135 e. The average Bonchev–Trinajstić information content (AvgIpc) is 3.88. The number of nitrogens with zero attached hydrogens (tertiary/aromatic N) is 3. The molecule has 10 atom stereocenters. The molecule has 0 saturated heterocycles. The summed E-state index contributed by atoms with van der Waals surface area (Å²) >= 11 is 0. The predicted octanol–water partition coefficient (Wildman–Crippen LogP) is 9.48. The molecule has 1 aromatic heterocycles. The van der Waals surface area contributed by atoms with Gasteiger partial charge >= 0.3 is 0 Å². The number of likely N-dealkylation sites (N-methyl/N-ethyl adjacent to an activating group) is 1.